The summed E-state index contributed by atoms with van der Waals surface area (Å²) >= 11 is 3.74. The van der Waals surface area contributed by atoms with Crippen LogP contribution in [-0.2, 0) is 9.59 Å². The molecule has 0 saturated carbocycles. The van der Waals surface area contributed by atoms with E-state index in [-0.39, 0.29) is 17.4 Å². The van der Waals surface area contributed by atoms with Crippen molar-refractivity contribution >= 4 is 57.5 Å². The van der Waals surface area contributed by atoms with Crippen molar-refractivity contribution in [3.63, 3.8) is 0 Å². The number of carbonyl (C=O) groups is 2. The molecule has 2 aromatic carbocycles. The summed E-state index contributed by atoms with van der Waals surface area (Å²) in [5, 5.41) is 1.29. The average molecular weight is 472 g/mol. The molecule has 0 aliphatic carbocycles. The number of amides is 2. The van der Waals surface area contributed by atoms with Gasteiger partial charge in [-0.3, -0.25) is 15.0 Å². The normalized spacial score (nSPS) is 15.6. The highest BCUT2D eigenvalue weighted by molar-refractivity contribution is 14.1. The van der Waals surface area contributed by atoms with E-state index in [1.54, 1.807) is 17.4 Å². The quantitative estimate of drug-likeness (QED) is 0.347. The van der Waals surface area contributed by atoms with Gasteiger partial charge >= 0.3 is 0 Å². The Morgan fingerprint density at radius 1 is 0.923 bits per heavy atom. The molecule has 26 heavy (non-hydrogen) atoms. The third-order valence-electron chi connectivity index (χ3n) is 3.95. The maximum absolute atomic E-state index is 12.7. The topological polar surface area (TPSA) is 49.4 Å². The zero-order valence-electron chi connectivity index (χ0n) is 13.5. The molecule has 0 bridgehead atoms. The van der Waals surface area contributed by atoms with Crippen LogP contribution in [0, 0.1) is 3.57 Å². The van der Waals surface area contributed by atoms with Gasteiger partial charge < -0.3 is 0 Å². The molecule has 0 unspecified atom stereocenters. The minimum absolute atomic E-state index is 0.144. The van der Waals surface area contributed by atoms with Gasteiger partial charge in [0.2, 0.25) is 0 Å². The van der Waals surface area contributed by atoms with Crippen molar-refractivity contribution in [2.24, 2.45) is 0 Å². The zero-order valence-corrected chi connectivity index (χ0v) is 16.5. The molecule has 4 nitrogen and oxygen atoms in total. The Bertz CT molecular complexity index is 1010. The van der Waals surface area contributed by atoms with Crippen LogP contribution in [0.3, 0.4) is 0 Å². The summed E-state index contributed by atoms with van der Waals surface area (Å²) in [6, 6.07) is 21.3. The van der Waals surface area contributed by atoms with Crippen LogP contribution in [0.25, 0.3) is 16.5 Å². The van der Waals surface area contributed by atoms with Gasteiger partial charge in [0.15, 0.2) is 0 Å². The molecule has 2 heterocycles. The van der Waals surface area contributed by atoms with Crippen molar-refractivity contribution in [1.29, 1.82) is 0 Å². The van der Waals surface area contributed by atoms with E-state index in [2.05, 4.69) is 28.0 Å². The predicted octanol–water partition coefficient (Wildman–Crippen LogP) is 4.48. The summed E-state index contributed by atoms with van der Waals surface area (Å²) in [7, 11) is 0. The molecular weight excluding hydrogens is 459 g/mol. The Morgan fingerprint density at radius 3 is 2.38 bits per heavy atom. The molecule has 3 aromatic rings. The summed E-state index contributed by atoms with van der Waals surface area (Å²) in [6.45, 7) is 0. The van der Waals surface area contributed by atoms with Gasteiger partial charge in [-0.2, -0.15) is 0 Å². The first kappa shape index (κ1) is 17.0. The molecule has 128 valence electrons. The number of hydrazine groups is 1. The maximum atomic E-state index is 12.7. The molecule has 1 fully saturated rings. The number of halogens is 1. The van der Waals surface area contributed by atoms with Gasteiger partial charge in [-0.1, -0.05) is 30.3 Å². The summed E-state index contributed by atoms with van der Waals surface area (Å²) < 4.78 is 1.06. The lowest BCUT2D eigenvalue weighted by atomic mass is 10.2. The van der Waals surface area contributed by atoms with Gasteiger partial charge in [0.25, 0.3) is 11.8 Å². The minimum atomic E-state index is -0.386. The highest BCUT2D eigenvalue weighted by Crippen LogP contribution is 2.30. The monoisotopic (exact) mass is 472 g/mol. The summed E-state index contributed by atoms with van der Waals surface area (Å²) in [6.07, 6.45) is 1.65. The number of thiophene rings is 1. The number of benzene rings is 2. The highest BCUT2D eigenvalue weighted by Gasteiger charge is 2.34. The van der Waals surface area contributed by atoms with E-state index < -0.39 is 0 Å². The van der Waals surface area contributed by atoms with Gasteiger partial charge in [0.05, 0.1) is 5.69 Å². The van der Waals surface area contributed by atoms with Gasteiger partial charge in [0.1, 0.15) is 5.57 Å². The van der Waals surface area contributed by atoms with Crippen molar-refractivity contribution < 1.29 is 9.59 Å². The molecule has 6 heteroatoms. The molecular formula is C20H13IN2O2S. The van der Waals surface area contributed by atoms with Crippen molar-refractivity contribution in [1.82, 2.24) is 5.43 Å². The largest absolute Gasteiger partial charge is 0.282 e. The Kier molecular flexibility index (Phi) is 4.60. The highest BCUT2D eigenvalue weighted by atomic mass is 127. The van der Waals surface area contributed by atoms with Crippen molar-refractivity contribution in [2.45, 2.75) is 0 Å². The molecule has 1 N–H and O–H groups in total. The molecule has 0 spiro atoms. The lowest BCUT2D eigenvalue weighted by molar-refractivity contribution is -0.117. The second-order valence-corrected chi connectivity index (χ2v) is 8.04. The Balaban J connectivity index is 1.61. The van der Waals surface area contributed by atoms with Gasteiger partial charge in [0, 0.05) is 13.3 Å². The summed E-state index contributed by atoms with van der Waals surface area (Å²) in [5.74, 6) is -0.728. The molecule has 2 amide bonds. The Hall–Kier alpha value is -2.45. The molecule has 1 aliphatic rings. The Morgan fingerprint density at radius 2 is 1.65 bits per heavy atom. The number of nitrogens with zero attached hydrogens (tertiary/aromatic N) is 1. The zero-order chi connectivity index (χ0) is 18.1. The second-order valence-electron chi connectivity index (χ2n) is 5.68. The third kappa shape index (κ3) is 3.30. The van der Waals surface area contributed by atoms with E-state index >= 15 is 0 Å². The van der Waals surface area contributed by atoms with Crippen LogP contribution >= 0.6 is 33.9 Å². The van der Waals surface area contributed by atoms with E-state index in [0.29, 0.717) is 5.69 Å². The van der Waals surface area contributed by atoms with Crippen molar-refractivity contribution in [3.8, 4) is 10.4 Å². The fourth-order valence-electron chi connectivity index (χ4n) is 2.66. The van der Waals surface area contributed by atoms with Crippen LogP contribution in [0.2, 0.25) is 0 Å². The van der Waals surface area contributed by atoms with E-state index in [0.717, 1.165) is 18.9 Å². The number of anilines is 1. The molecule has 1 aromatic heterocycles. The van der Waals surface area contributed by atoms with Crippen LogP contribution in [0.1, 0.15) is 4.88 Å². The fourth-order valence-corrected chi connectivity index (χ4v) is 3.98. The first-order valence-corrected chi connectivity index (χ1v) is 9.79. The summed E-state index contributed by atoms with van der Waals surface area (Å²) in [5.41, 5.74) is 4.53. The smallest absolute Gasteiger partial charge is 0.267 e. The van der Waals surface area contributed by atoms with E-state index in [1.807, 2.05) is 66.7 Å². The van der Waals surface area contributed by atoms with Crippen LogP contribution in [-0.4, -0.2) is 11.8 Å². The Labute approximate surface area is 168 Å². The fraction of sp³-hybridized carbons (Fsp3) is 0. The lowest BCUT2D eigenvalue weighted by Crippen LogP contribution is -2.35. The van der Waals surface area contributed by atoms with Crippen LogP contribution in [0.15, 0.2) is 72.3 Å². The van der Waals surface area contributed by atoms with Crippen molar-refractivity contribution in [2.75, 3.05) is 5.01 Å². The van der Waals surface area contributed by atoms with Crippen LogP contribution in [0.4, 0.5) is 5.69 Å². The molecule has 0 atom stereocenters. The molecule has 1 saturated heterocycles. The molecule has 0 radical (unpaired) electrons. The number of hydrogen-bond acceptors (Lipinski definition) is 3. The van der Waals surface area contributed by atoms with E-state index in [1.165, 1.54) is 5.01 Å². The van der Waals surface area contributed by atoms with E-state index in [9.17, 15) is 9.59 Å². The molecule has 4 rings (SSSR count). The van der Waals surface area contributed by atoms with Gasteiger partial charge in [-0.25, -0.2) is 5.01 Å². The third-order valence-corrected chi connectivity index (χ3v) is 5.75. The van der Waals surface area contributed by atoms with Crippen molar-refractivity contribution in [3.05, 3.63) is 80.8 Å². The standard InChI is InChI=1S/C20H13IN2O2S/c21-14-6-8-15(9-7-14)23-20(25)17(19(24)22-23)12-16-10-11-18(26-16)13-4-2-1-3-5-13/h1-12H,(H,22,24)/b17-12-. The SMILES string of the molecule is O=C1NN(c2ccc(I)cc2)C(=O)/C1=C\c1ccc(-c2ccccc2)s1. The summed E-state index contributed by atoms with van der Waals surface area (Å²) in [4.78, 5) is 26.9. The lowest BCUT2D eigenvalue weighted by Gasteiger charge is -2.14. The van der Waals surface area contributed by atoms with Crippen LogP contribution < -0.4 is 10.4 Å². The maximum Gasteiger partial charge on any atom is 0.282 e. The van der Waals surface area contributed by atoms with E-state index in [4.69, 9.17) is 0 Å². The number of hydrogen-bond donors (Lipinski definition) is 1. The number of nitrogens with one attached hydrogen (secondary N) is 1. The van der Waals surface area contributed by atoms with Gasteiger partial charge in [-0.15, -0.1) is 11.3 Å². The van der Waals surface area contributed by atoms with Crippen LogP contribution in [0.5, 0.6) is 0 Å². The minimum Gasteiger partial charge on any atom is -0.267 e. The number of rotatable bonds is 3. The second kappa shape index (κ2) is 7.05. The predicted molar refractivity (Wildman–Crippen MR) is 113 cm³/mol. The molecule has 1 aliphatic heterocycles. The van der Waals surface area contributed by atoms with Gasteiger partial charge in [-0.05, 0) is 70.6 Å². The first-order valence-electron chi connectivity index (χ1n) is 7.90. The first-order chi connectivity index (χ1) is 12.6. The average Bonchev–Trinajstić information content (AvgIpc) is 3.24. The number of carbonyl (C=O) groups excluding carboxylic acids is 2.